The number of allylic oxidation sites excluding steroid dienone is 2. The molecule has 0 atom stereocenters. The first-order chi connectivity index (χ1) is 5.33. The molecule has 1 nitrogen and oxygen atoms in total. The van der Waals surface area contributed by atoms with Crippen molar-refractivity contribution in [3.05, 3.63) is 11.9 Å². The van der Waals surface area contributed by atoms with Crippen LogP contribution in [0.25, 0.3) is 0 Å². The van der Waals surface area contributed by atoms with Crippen LogP contribution in [0.15, 0.2) is 11.9 Å². The third kappa shape index (κ3) is 2.83. The van der Waals surface area contributed by atoms with Crippen molar-refractivity contribution in [3.63, 3.8) is 0 Å². The molecule has 0 aromatic heterocycles. The van der Waals surface area contributed by atoms with Crippen LogP contribution in [0.4, 0.5) is 4.39 Å². The van der Waals surface area contributed by atoms with Crippen LogP contribution in [0, 0.1) is 5.92 Å². The first-order valence-corrected chi connectivity index (χ1v) is 4.15. The molecule has 1 aliphatic carbocycles. The zero-order chi connectivity index (χ0) is 8.10. The molecule has 0 spiro atoms. The molecular weight excluding hydrogens is 143 g/mol. The van der Waals surface area contributed by atoms with E-state index in [2.05, 4.69) is 0 Å². The van der Waals surface area contributed by atoms with E-state index in [0.29, 0.717) is 5.92 Å². The van der Waals surface area contributed by atoms with Gasteiger partial charge < -0.3 is 0 Å². The zero-order valence-corrected chi connectivity index (χ0v) is 6.55. The highest BCUT2D eigenvalue weighted by Gasteiger charge is 2.11. The summed E-state index contributed by atoms with van der Waals surface area (Å²) < 4.78 is 12.4. The Morgan fingerprint density at radius 1 is 1.27 bits per heavy atom. The number of hydrogen-bond acceptors (Lipinski definition) is 1. The Morgan fingerprint density at radius 3 is 2.45 bits per heavy atom. The summed E-state index contributed by atoms with van der Waals surface area (Å²) in [6, 6.07) is 0. The van der Waals surface area contributed by atoms with Gasteiger partial charge in [0.15, 0.2) is 12.1 Å². The highest BCUT2D eigenvalue weighted by Crippen LogP contribution is 2.25. The number of hydrogen-bond donors (Lipinski definition) is 0. The smallest absolute Gasteiger partial charge is 0.178 e. The molecule has 62 valence electrons. The van der Waals surface area contributed by atoms with Gasteiger partial charge in [0.2, 0.25) is 0 Å². The maximum atomic E-state index is 12.4. The fourth-order valence-corrected chi connectivity index (χ4v) is 1.57. The maximum absolute atomic E-state index is 12.4. The Hall–Kier alpha value is -0.660. The van der Waals surface area contributed by atoms with Crippen molar-refractivity contribution in [3.8, 4) is 0 Å². The Morgan fingerprint density at radius 2 is 1.91 bits per heavy atom. The molecule has 1 aliphatic rings. The standard InChI is InChI=1S/C9H13FO/c10-9(7-11)6-8-4-2-1-3-5-8/h6-8H,1-5H2. The maximum Gasteiger partial charge on any atom is 0.178 e. The van der Waals surface area contributed by atoms with Crippen LogP contribution in [0.3, 0.4) is 0 Å². The first kappa shape index (κ1) is 8.44. The minimum atomic E-state index is -0.600. The highest BCUT2D eigenvalue weighted by molar-refractivity contribution is 5.69. The summed E-state index contributed by atoms with van der Waals surface area (Å²) in [5.41, 5.74) is 0. The molecule has 0 radical (unpaired) electrons. The van der Waals surface area contributed by atoms with Crippen LogP contribution < -0.4 is 0 Å². The quantitative estimate of drug-likeness (QED) is 0.443. The van der Waals surface area contributed by atoms with Crippen molar-refractivity contribution in [1.29, 1.82) is 0 Å². The van der Waals surface area contributed by atoms with Crippen molar-refractivity contribution in [1.82, 2.24) is 0 Å². The summed E-state index contributed by atoms with van der Waals surface area (Å²) in [6.07, 6.45) is 7.44. The van der Waals surface area contributed by atoms with Crippen molar-refractivity contribution in [2.45, 2.75) is 32.1 Å². The Kier molecular flexibility index (Phi) is 3.27. The number of carbonyl (C=O) groups excluding carboxylic acids is 1. The number of carbonyl (C=O) groups is 1. The summed E-state index contributed by atoms with van der Waals surface area (Å²) in [5, 5.41) is 0. The lowest BCUT2D eigenvalue weighted by atomic mass is 9.89. The van der Waals surface area contributed by atoms with Gasteiger partial charge in [-0.3, -0.25) is 4.79 Å². The van der Waals surface area contributed by atoms with E-state index in [-0.39, 0.29) is 6.29 Å². The fraction of sp³-hybridized carbons (Fsp3) is 0.667. The molecule has 0 aromatic carbocycles. The third-order valence-electron chi connectivity index (χ3n) is 2.16. The highest BCUT2D eigenvalue weighted by atomic mass is 19.1. The van der Waals surface area contributed by atoms with Gasteiger partial charge in [-0.1, -0.05) is 19.3 Å². The average molecular weight is 156 g/mol. The summed E-state index contributed by atoms with van der Waals surface area (Å²) in [4.78, 5) is 9.94. The molecule has 1 saturated carbocycles. The Balaban J connectivity index is 2.40. The first-order valence-electron chi connectivity index (χ1n) is 4.15. The van der Waals surface area contributed by atoms with Crippen molar-refractivity contribution in [2.75, 3.05) is 0 Å². The Labute approximate surface area is 66.3 Å². The number of aldehydes is 1. The average Bonchev–Trinajstić information content (AvgIpc) is 2.06. The van der Waals surface area contributed by atoms with Gasteiger partial charge in [-0.15, -0.1) is 0 Å². The monoisotopic (exact) mass is 156 g/mol. The van der Waals surface area contributed by atoms with Crippen molar-refractivity contribution < 1.29 is 9.18 Å². The van der Waals surface area contributed by atoms with E-state index >= 15 is 0 Å². The zero-order valence-electron chi connectivity index (χ0n) is 6.55. The van der Waals surface area contributed by atoms with E-state index in [1.165, 1.54) is 25.3 Å². The van der Waals surface area contributed by atoms with Gasteiger partial charge in [0.1, 0.15) is 0 Å². The van der Waals surface area contributed by atoms with E-state index in [4.69, 9.17) is 0 Å². The SMILES string of the molecule is O=CC(F)=CC1CCCCC1. The largest absolute Gasteiger partial charge is 0.295 e. The lowest BCUT2D eigenvalue weighted by molar-refractivity contribution is -0.106. The van der Waals surface area contributed by atoms with E-state index in [1.54, 1.807) is 0 Å². The minimum absolute atomic E-state index is 0.286. The second kappa shape index (κ2) is 4.27. The van der Waals surface area contributed by atoms with Gasteiger partial charge in [-0.25, -0.2) is 4.39 Å². The summed E-state index contributed by atoms with van der Waals surface area (Å²) in [5.74, 6) is -0.286. The molecule has 0 unspecified atom stereocenters. The van der Waals surface area contributed by atoms with E-state index < -0.39 is 5.83 Å². The van der Waals surface area contributed by atoms with Crippen LogP contribution in [0.2, 0.25) is 0 Å². The number of rotatable bonds is 2. The Bertz CT molecular complexity index is 157. The normalized spacial score (nSPS) is 21.7. The fourth-order valence-electron chi connectivity index (χ4n) is 1.57. The van der Waals surface area contributed by atoms with Gasteiger partial charge in [-0.2, -0.15) is 0 Å². The molecule has 0 bridgehead atoms. The molecule has 11 heavy (non-hydrogen) atoms. The molecule has 0 heterocycles. The van der Waals surface area contributed by atoms with Crippen LogP contribution >= 0.6 is 0 Å². The molecule has 0 aromatic rings. The van der Waals surface area contributed by atoms with Crippen molar-refractivity contribution in [2.24, 2.45) is 5.92 Å². The summed E-state index contributed by atoms with van der Waals surface area (Å²) in [6.45, 7) is 0. The lowest BCUT2D eigenvalue weighted by Gasteiger charge is -2.17. The van der Waals surface area contributed by atoms with Crippen molar-refractivity contribution >= 4 is 6.29 Å². The molecule has 0 N–H and O–H groups in total. The second-order valence-corrected chi connectivity index (χ2v) is 3.07. The van der Waals surface area contributed by atoms with Gasteiger partial charge in [0.05, 0.1) is 0 Å². The molecule has 0 saturated heterocycles. The summed E-state index contributed by atoms with van der Waals surface area (Å²) in [7, 11) is 0. The molecule has 1 fully saturated rings. The predicted molar refractivity (Wildman–Crippen MR) is 41.8 cm³/mol. The third-order valence-corrected chi connectivity index (χ3v) is 2.16. The van der Waals surface area contributed by atoms with Crippen LogP contribution in [0.5, 0.6) is 0 Å². The predicted octanol–water partition coefficient (Wildman–Crippen LogP) is 2.62. The van der Waals surface area contributed by atoms with E-state index in [9.17, 15) is 9.18 Å². The topological polar surface area (TPSA) is 17.1 Å². The van der Waals surface area contributed by atoms with Crippen LogP contribution in [0.1, 0.15) is 32.1 Å². The van der Waals surface area contributed by atoms with Gasteiger partial charge >= 0.3 is 0 Å². The van der Waals surface area contributed by atoms with Gasteiger partial charge in [0.25, 0.3) is 0 Å². The molecule has 1 rings (SSSR count). The molecule has 0 amide bonds. The lowest BCUT2D eigenvalue weighted by Crippen LogP contribution is -2.03. The van der Waals surface area contributed by atoms with Crippen LogP contribution in [-0.2, 0) is 4.79 Å². The minimum Gasteiger partial charge on any atom is -0.295 e. The number of halogens is 1. The van der Waals surface area contributed by atoms with Gasteiger partial charge in [0, 0.05) is 0 Å². The molecule has 0 aliphatic heterocycles. The van der Waals surface area contributed by atoms with E-state index in [1.807, 2.05) is 0 Å². The molecule has 2 heteroatoms. The second-order valence-electron chi connectivity index (χ2n) is 3.07. The van der Waals surface area contributed by atoms with E-state index in [0.717, 1.165) is 12.8 Å². The van der Waals surface area contributed by atoms with Gasteiger partial charge in [-0.05, 0) is 24.8 Å². The summed E-state index contributed by atoms with van der Waals surface area (Å²) >= 11 is 0. The molecular formula is C9H13FO. The van der Waals surface area contributed by atoms with Crippen LogP contribution in [-0.4, -0.2) is 6.29 Å².